The van der Waals surface area contributed by atoms with E-state index in [4.69, 9.17) is 0 Å². The molecule has 6 heteroatoms. The molecule has 146 valence electrons. The van der Waals surface area contributed by atoms with E-state index >= 15 is 0 Å². The van der Waals surface area contributed by atoms with Crippen molar-refractivity contribution in [1.82, 2.24) is 9.97 Å². The number of fused-ring (bicyclic) bond motifs is 6. The van der Waals surface area contributed by atoms with E-state index in [1.807, 2.05) is 43.3 Å². The molecule has 2 heterocycles. The molecular formula is C25H12N2O4. The molecule has 0 aliphatic heterocycles. The minimum Gasteiger partial charge on any atom is -0.288 e. The third-order valence-corrected chi connectivity index (χ3v) is 6.67. The lowest BCUT2D eigenvalue weighted by Gasteiger charge is -2.17. The molecule has 2 aromatic heterocycles. The Morgan fingerprint density at radius 3 is 1.94 bits per heavy atom. The number of aromatic amines is 2. The molecule has 7 aromatic rings. The van der Waals surface area contributed by atoms with E-state index in [-0.39, 0.29) is 21.5 Å². The maximum Gasteiger partial charge on any atom is 0.259 e. The van der Waals surface area contributed by atoms with Crippen molar-refractivity contribution in [3.8, 4) is 0 Å². The van der Waals surface area contributed by atoms with Crippen molar-refractivity contribution >= 4 is 64.6 Å². The number of aromatic nitrogens is 2. The van der Waals surface area contributed by atoms with E-state index in [0.29, 0.717) is 10.9 Å². The van der Waals surface area contributed by atoms with Gasteiger partial charge in [-0.3, -0.25) is 29.1 Å². The summed E-state index contributed by atoms with van der Waals surface area (Å²) in [6.45, 7) is 1.83. The number of hydrogen-bond acceptors (Lipinski definition) is 4. The summed E-state index contributed by atoms with van der Waals surface area (Å²) in [6, 6.07) is 13.7. The van der Waals surface area contributed by atoms with Crippen LogP contribution in [0.2, 0.25) is 0 Å². The first kappa shape index (κ1) is 16.5. The molecular weight excluding hydrogens is 392 g/mol. The van der Waals surface area contributed by atoms with Crippen LogP contribution in [0, 0.1) is 6.92 Å². The first-order valence-corrected chi connectivity index (χ1v) is 9.88. The average molecular weight is 404 g/mol. The highest BCUT2D eigenvalue weighted by Gasteiger charge is 2.25. The average Bonchev–Trinajstić information content (AvgIpc) is 3.21. The van der Waals surface area contributed by atoms with Crippen LogP contribution in [0.5, 0.6) is 0 Å². The van der Waals surface area contributed by atoms with Gasteiger partial charge >= 0.3 is 0 Å². The minimum atomic E-state index is -0.548. The normalized spacial score (nSPS) is 12.5. The van der Waals surface area contributed by atoms with Crippen LogP contribution in [-0.4, -0.2) is 9.97 Å². The summed E-state index contributed by atoms with van der Waals surface area (Å²) >= 11 is 0. The quantitative estimate of drug-likeness (QED) is 0.299. The third kappa shape index (κ3) is 1.71. The predicted molar refractivity (Wildman–Crippen MR) is 124 cm³/mol. The van der Waals surface area contributed by atoms with Gasteiger partial charge in [-0.2, -0.15) is 0 Å². The Labute approximate surface area is 171 Å². The van der Waals surface area contributed by atoms with E-state index < -0.39 is 22.2 Å². The maximum atomic E-state index is 12.8. The first-order valence-electron chi connectivity index (χ1n) is 9.88. The summed E-state index contributed by atoms with van der Waals surface area (Å²) in [5, 5.41) is 7.51. The molecule has 0 bridgehead atoms. The van der Waals surface area contributed by atoms with Gasteiger partial charge < -0.3 is 0 Å². The van der Waals surface area contributed by atoms with Gasteiger partial charge in [0.25, 0.3) is 22.2 Å². The molecule has 0 spiro atoms. The summed E-state index contributed by atoms with van der Waals surface area (Å²) in [4.78, 5) is 55.7. The molecule has 0 radical (unpaired) electrons. The van der Waals surface area contributed by atoms with Crippen molar-refractivity contribution in [3.63, 3.8) is 0 Å². The Morgan fingerprint density at radius 2 is 1.16 bits per heavy atom. The van der Waals surface area contributed by atoms with Crippen LogP contribution in [0.25, 0.3) is 64.6 Å². The number of H-pyrrole nitrogens is 2. The van der Waals surface area contributed by atoms with Crippen LogP contribution in [0.15, 0.2) is 61.6 Å². The Morgan fingerprint density at radius 1 is 0.516 bits per heavy atom. The van der Waals surface area contributed by atoms with Crippen molar-refractivity contribution < 1.29 is 0 Å². The molecule has 0 unspecified atom stereocenters. The molecule has 0 aliphatic rings. The van der Waals surface area contributed by atoms with Gasteiger partial charge in [-0.25, -0.2) is 0 Å². The third-order valence-electron chi connectivity index (χ3n) is 6.67. The van der Waals surface area contributed by atoms with Crippen molar-refractivity contribution in [2.24, 2.45) is 0 Å². The van der Waals surface area contributed by atoms with Gasteiger partial charge in [0.1, 0.15) is 0 Å². The zero-order valence-corrected chi connectivity index (χ0v) is 16.2. The van der Waals surface area contributed by atoms with E-state index in [0.717, 1.165) is 37.7 Å². The highest BCUT2D eigenvalue weighted by Crippen LogP contribution is 2.45. The summed E-state index contributed by atoms with van der Waals surface area (Å²) < 4.78 is 0. The van der Waals surface area contributed by atoms with Crippen LogP contribution < -0.4 is 22.2 Å². The Bertz CT molecular complexity index is 2130. The molecule has 6 nitrogen and oxygen atoms in total. The summed E-state index contributed by atoms with van der Waals surface area (Å²) in [5.74, 6) is 0. The monoisotopic (exact) mass is 404 g/mol. The van der Waals surface area contributed by atoms with Crippen molar-refractivity contribution in [2.75, 3.05) is 0 Å². The fourth-order valence-corrected chi connectivity index (χ4v) is 5.53. The molecule has 0 saturated heterocycles. The van der Waals surface area contributed by atoms with Crippen molar-refractivity contribution in [3.05, 3.63) is 89.4 Å². The number of benzene rings is 5. The molecule has 0 amide bonds. The highest BCUT2D eigenvalue weighted by atomic mass is 16.2. The second-order valence-corrected chi connectivity index (χ2v) is 8.12. The summed E-state index contributed by atoms with van der Waals surface area (Å²) in [6.07, 6.45) is 0. The van der Waals surface area contributed by atoms with Gasteiger partial charge in [0.2, 0.25) is 0 Å². The van der Waals surface area contributed by atoms with Crippen LogP contribution in [0.4, 0.5) is 0 Å². The lowest BCUT2D eigenvalue weighted by atomic mass is 9.84. The zero-order chi connectivity index (χ0) is 21.2. The van der Waals surface area contributed by atoms with Gasteiger partial charge in [0.05, 0.1) is 21.5 Å². The molecule has 2 N–H and O–H groups in total. The van der Waals surface area contributed by atoms with E-state index in [9.17, 15) is 19.2 Å². The van der Waals surface area contributed by atoms with Gasteiger partial charge in [-0.05, 0) is 56.3 Å². The number of nitrogens with one attached hydrogen (secondary N) is 2. The Hall–Kier alpha value is -4.32. The molecule has 7 rings (SSSR count). The van der Waals surface area contributed by atoms with Crippen LogP contribution in [-0.2, 0) is 0 Å². The summed E-state index contributed by atoms with van der Waals surface area (Å²) in [7, 11) is 0. The van der Waals surface area contributed by atoms with E-state index in [2.05, 4.69) is 9.97 Å². The lowest BCUT2D eigenvalue weighted by Crippen LogP contribution is -2.06. The smallest absolute Gasteiger partial charge is 0.259 e. The molecule has 0 atom stereocenters. The number of hydrogen-bond donors (Lipinski definition) is 2. The Balaban J connectivity index is 2.09. The van der Waals surface area contributed by atoms with E-state index in [1.165, 1.54) is 0 Å². The molecule has 0 fully saturated rings. The maximum absolute atomic E-state index is 12.8. The highest BCUT2D eigenvalue weighted by molar-refractivity contribution is 6.41. The fourth-order valence-electron chi connectivity index (χ4n) is 5.53. The number of aryl methyl sites for hydroxylation is 1. The van der Waals surface area contributed by atoms with Gasteiger partial charge in [-0.1, -0.05) is 36.4 Å². The van der Waals surface area contributed by atoms with Gasteiger partial charge in [-0.15, -0.1) is 0 Å². The van der Waals surface area contributed by atoms with Crippen LogP contribution in [0.3, 0.4) is 0 Å². The van der Waals surface area contributed by atoms with Crippen LogP contribution >= 0.6 is 0 Å². The largest absolute Gasteiger partial charge is 0.288 e. The standard InChI is InChI=1S/C25H12N2O4/c1-9-15-12-7-3-5-10-4-2-6-11(17(10)12)13-8-14-19(24(30)26-22(14)28)20(18(13)15)21-16(9)23(29)27-25(21)31/h2-8H,1H3,(H,26,28,30)(H,27,29,31). The SMILES string of the molecule is Cc1c2c(=O)[nH]c(=O)c2c2c3c(=O)[nH]c(=O)c3cc3c4cccc5cccc(c1c32)c54. The predicted octanol–water partition coefficient (Wildman–Crippen LogP) is 3.32. The van der Waals surface area contributed by atoms with Gasteiger partial charge in [0, 0.05) is 5.39 Å². The first-order chi connectivity index (χ1) is 15.0. The summed E-state index contributed by atoms with van der Waals surface area (Å²) in [5.41, 5.74) is -1.37. The molecule has 0 saturated carbocycles. The fraction of sp³-hybridized carbons (Fsp3) is 0.0400. The Kier molecular flexibility index (Phi) is 2.68. The second-order valence-electron chi connectivity index (χ2n) is 8.12. The second kappa shape index (κ2) is 5.05. The molecule has 0 aliphatic carbocycles. The van der Waals surface area contributed by atoms with Gasteiger partial charge in [0.15, 0.2) is 0 Å². The number of rotatable bonds is 0. The zero-order valence-electron chi connectivity index (χ0n) is 16.2. The minimum absolute atomic E-state index is 0.164. The van der Waals surface area contributed by atoms with Crippen molar-refractivity contribution in [2.45, 2.75) is 6.92 Å². The van der Waals surface area contributed by atoms with Crippen LogP contribution in [0.1, 0.15) is 5.56 Å². The van der Waals surface area contributed by atoms with E-state index in [1.54, 1.807) is 6.07 Å². The molecule has 5 aromatic carbocycles. The topological polar surface area (TPSA) is 99.9 Å². The van der Waals surface area contributed by atoms with Crippen molar-refractivity contribution in [1.29, 1.82) is 0 Å². The molecule has 31 heavy (non-hydrogen) atoms. The lowest BCUT2D eigenvalue weighted by molar-refractivity contribution is 1.26.